The number of ether oxygens (including phenoxy) is 1. The van der Waals surface area contributed by atoms with Crippen LogP contribution in [0.1, 0.15) is 40.0 Å². The maximum atomic E-state index is 11.6. The molecule has 0 aromatic carbocycles. The van der Waals surface area contributed by atoms with E-state index in [2.05, 4.69) is 5.43 Å². The van der Waals surface area contributed by atoms with Crippen molar-refractivity contribution >= 4 is 12.0 Å². The molecule has 0 aliphatic carbocycles. The lowest BCUT2D eigenvalue weighted by atomic mass is 9.94. The maximum absolute atomic E-state index is 11.6. The predicted molar refractivity (Wildman–Crippen MR) is 67.5 cm³/mol. The molecule has 0 bridgehead atoms. The third kappa shape index (κ3) is 4.91. The van der Waals surface area contributed by atoms with Gasteiger partial charge in [0, 0.05) is 19.5 Å². The maximum Gasteiger partial charge on any atom is 0.410 e. The molecule has 104 valence electrons. The number of hydrazine groups is 1. The zero-order chi connectivity index (χ0) is 13.8. The quantitative estimate of drug-likeness (QED) is 0.447. The Morgan fingerprint density at radius 1 is 1.39 bits per heavy atom. The summed E-state index contributed by atoms with van der Waals surface area (Å²) >= 11 is 0. The van der Waals surface area contributed by atoms with Crippen molar-refractivity contribution in [3.8, 4) is 0 Å². The van der Waals surface area contributed by atoms with Crippen LogP contribution in [0.2, 0.25) is 0 Å². The van der Waals surface area contributed by atoms with Crippen LogP contribution in [-0.4, -0.2) is 35.6 Å². The Morgan fingerprint density at radius 3 is 2.50 bits per heavy atom. The highest BCUT2D eigenvalue weighted by atomic mass is 16.6. The van der Waals surface area contributed by atoms with Gasteiger partial charge in [-0.2, -0.15) is 0 Å². The molecule has 0 saturated carbocycles. The molecule has 6 heteroatoms. The Labute approximate surface area is 108 Å². The van der Waals surface area contributed by atoms with Gasteiger partial charge in [-0.1, -0.05) is 0 Å². The van der Waals surface area contributed by atoms with Gasteiger partial charge in [-0.25, -0.2) is 10.6 Å². The second-order valence-corrected chi connectivity index (χ2v) is 5.71. The Morgan fingerprint density at radius 2 is 2.00 bits per heavy atom. The van der Waals surface area contributed by atoms with Crippen LogP contribution in [0.5, 0.6) is 0 Å². The van der Waals surface area contributed by atoms with Crippen molar-refractivity contribution < 1.29 is 14.3 Å². The molecule has 6 nitrogen and oxygen atoms in total. The minimum absolute atomic E-state index is 0.140. The third-order valence-corrected chi connectivity index (χ3v) is 2.79. The number of hydrogen-bond donors (Lipinski definition) is 2. The predicted octanol–water partition coefficient (Wildman–Crippen LogP) is 1.01. The molecular formula is C12H23N3O3. The minimum atomic E-state index is -0.443. The van der Waals surface area contributed by atoms with Crippen LogP contribution in [-0.2, 0) is 9.53 Å². The molecule has 0 aromatic rings. The molecule has 3 N–H and O–H groups in total. The van der Waals surface area contributed by atoms with Gasteiger partial charge in [-0.15, -0.1) is 0 Å². The summed E-state index contributed by atoms with van der Waals surface area (Å²) in [6.07, 6.45) is 1.93. The lowest BCUT2D eigenvalue weighted by Gasteiger charge is -2.39. The van der Waals surface area contributed by atoms with Crippen molar-refractivity contribution in [2.24, 2.45) is 11.8 Å². The molecule has 0 atom stereocenters. The topological polar surface area (TPSA) is 84.7 Å². The second-order valence-electron chi connectivity index (χ2n) is 5.71. The van der Waals surface area contributed by atoms with Crippen molar-refractivity contribution in [2.75, 3.05) is 13.1 Å². The highest BCUT2D eigenvalue weighted by Gasteiger charge is 2.33. The van der Waals surface area contributed by atoms with Gasteiger partial charge >= 0.3 is 6.09 Å². The Kier molecular flexibility index (Phi) is 4.95. The van der Waals surface area contributed by atoms with Crippen molar-refractivity contribution in [3.05, 3.63) is 0 Å². The summed E-state index contributed by atoms with van der Waals surface area (Å²) in [4.78, 5) is 24.2. The van der Waals surface area contributed by atoms with E-state index in [1.165, 1.54) is 0 Å². The van der Waals surface area contributed by atoms with Gasteiger partial charge in [0.15, 0.2) is 0 Å². The van der Waals surface area contributed by atoms with Crippen LogP contribution in [0.15, 0.2) is 0 Å². The number of likely N-dealkylation sites (tertiary alicyclic amines) is 1. The molecule has 1 aliphatic heterocycles. The first-order chi connectivity index (χ1) is 8.31. The van der Waals surface area contributed by atoms with Gasteiger partial charge < -0.3 is 9.64 Å². The Bertz CT molecular complexity index is 306. The minimum Gasteiger partial charge on any atom is -0.444 e. The molecule has 2 amide bonds. The van der Waals surface area contributed by atoms with E-state index in [0.717, 1.165) is 25.9 Å². The largest absolute Gasteiger partial charge is 0.444 e. The van der Waals surface area contributed by atoms with Gasteiger partial charge in [0.05, 0.1) is 0 Å². The van der Waals surface area contributed by atoms with E-state index in [-0.39, 0.29) is 12.0 Å². The monoisotopic (exact) mass is 257 g/mol. The van der Waals surface area contributed by atoms with Crippen LogP contribution in [0, 0.1) is 5.92 Å². The van der Waals surface area contributed by atoms with Gasteiger partial charge in [0.2, 0.25) is 5.91 Å². The summed E-state index contributed by atoms with van der Waals surface area (Å²) in [5.74, 6) is 5.32. The van der Waals surface area contributed by atoms with E-state index in [9.17, 15) is 9.59 Å². The van der Waals surface area contributed by atoms with E-state index in [1.54, 1.807) is 4.90 Å². The summed E-state index contributed by atoms with van der Waals surface area (Å²) in [6.45, 7) is 7.01. The average molecular weight is 257 g/mol. The van der Waals surface area contributed by atoms with E-state index in [1.807, 2.05) is 20.8 Å². The number of nitrogens with two attached hydrogens (primary N) is 1. The van der Waals surface area contributed by atoms with Crippen molar-refractivity contribution in [3.63, 3.8) is 0 Å². The molecule has 18 heavy (non-hydrogen) atoms. The first-order valence-electron chi connectivity index (χ1n) is 6.29. The Hall–Kier alpha value is -1.30. The van der Waals surface area contributed by atoms with E-state index < -0.39 is 5.60 Å². The van der Waals surface area contributed by atoms with Crippen LogP contribution < -0.4 is 11.3 Å². The summed E-state index contributed by atoms with van der Waals surface area (Å²) in [5.41, 5.74) is 1.66. The highest BCUT2D eigenvalue weighted by molar-refractivity contribution is 5.75. The normalized spacial score (nSPS) is 16.1. The van der Waals surface area contributed by atoms with Crippen LogP contribution in [0.4, 0.5) is 4.79 Å². The molecule has 0 spiro atoms. The number of hydrogen-bond acceptors (Lipinski definition) is 4. The SMILES string of the molecule is CC(C)(C)OC(=O)N1CC(CCCC(=O)NN)C1. The number of carbonyl (C=O) groups is 2. The second kappa shape index (κ2) is 6.04. The lowest BCUT2D eigenvalue weighted by molar-refractivity contribution is -0.121. The molecule has 1 aliphatic rings. The summed E-state index contributed by atoms with van der Waals surface area (Å²) in [5, 5.41) is 0. The standard InChI is InChI=1S/C12H23N3O3/c1-12(2,3)18-11(17)15-7-9(8-15)5-4-6-10(16)14-13/h9H,4-8,13H2,1-3H3,(H,14,16). The zero-order valence-corrected chi connectivity index (χ0v) is 11.4. The summed E-state index contributed by atoms with van der Waals surface area (Å²) < 4.78 is 5.26. The molecule has 1 rings (SSSR count). The van der Waals surface area contributed by atoms with Crippen LogP contribution in [0.3, 0.4) is 0 Å². The molecule has 0 unspecified atom stereocenters. The zero-order valence-electron chi connectivity index (χ0n) is 11.4. The molecule has 1 heterocycles. The number of carbonyl (C=O) groups excluding carboxylic acids is 2. The molecule has 0 radical (unpaired) electrons. The van der Waals surface area contributed by atoms with Crippen molar-refractivity contribution in [1.82, 2.24) is 10.3 Å². The summed E-state index contributed by atoms with van der Waals surface area (Å²) in [7, 11) is 0. The van der Waals surface area contributed by atoms with Gasteiger partial charge in [0.1, 0.15) is 5.60 Å². The number of nitrogens with one attached hydrogen (secondary N) is 1. The fourth-order valence-electron chi connectivity index (χ4n) is 1.85. The number of rotatable bonds is 4. The van der Waals surface area contributed by atoms with E-state index in [0.29, 0.717) is 12.3 Å². The van der Waals surface area contributed by atoms with Crippen LogP contribution >= 0.6 is 0 Å². The first-order valence-corrected chi connectivity index (χ1v) is 6.29. The number of nitrogens with zero attached hydrogens (tertiary/aromatic N) is 1. The molecule has 1 fully saturated rings. The lowest BCUT2D eigenvalue weighted by Crippen LogP contribution is -2.51. The van der Waals surface area contributed by atoms with E-state index >= 15 is 0 Å². The fraction of sp³-hybridized carbons (Fsp3) is 0.833. The Balaban J connectivity index is 2.12. The smallest absolute Gasteiger partial charge is 0.410 e. The average Bonchev–Trinajstić information content (AvgIpc) is 2.17. The van der Waals surface area contributed by atoms with Gasteiger partial charge in [-0.3, -0.25) is 10.2 Å². The molecule has 1 saturated heterocycles. The fourth-order valence-corrected chi connectivity index (χ4v) is 1.85. The highest BCUT2D eigenvalue weighted by Crippen LogP contribution is 2.23. The van der Waals surface area contributed by atoms with Crippen molar-refractivity contribution in [1.29, 1.82) is 0 Å². The number of amides is 2. The van der Waals surface area contributed by atoms with Crippen LogP contribution in [0.25, 0.3) is 0 Å². The summed E-state index contributed by atoms with van der Waals surface area (Å²) in [6, 6.07) is 0. The molecule has 0 aromatic heterocycles. The first kappa shape index (κ1) is 14.8. The third-order valence-electron chi connectivity index (χ3n) is 2.79. The van der Waals surface area contributed by atoms with Crippen molar-refractivity contribution in [2.45, 2.75) is 45.6 Å². The molecular weight excluding hydrogens is 234 g/mol. The van der Waals surface area contributed by atoms with Gasteiger partial charge in [0.25, 0.3) is 0 Å². The van der Waals surface area contributed by atoms with Gasteiger partial charge in [-0.05, 0) is 39.5 Å². The van der Waals surface area contributed by atoms with E-state index in [4.69, 9.17) is 10.6 Å².